The molecule has 2 rings (SSSR count). The van der Waals surface area contributed by atoms with Gasteiger partial charge >= 0.3 is 0 Å². The Bertz CT molecular complexity index is 624. The minimum Gasteiger partial charge on any atom is -0.398 e. The van der Waals surface area contributed by atoms with Gasteiger partial charge in [-0.3, -0.25) is 4.79 Å². The summed E-state index contributed by atoms with van der Waals surface area (Å²) in [4.78, 5) is 11.0. The molecule has 7 nitrogen and oxygen atoms in total. The molecule has 0 spiro atoms. The summed E-state index contributed by atoms with van der Waals surface area (Å²) in [5, 5.41) is 0. The molecule has 20 heavy (non-hydrogen) atoms. The molecule has 1 aliphatic heterocycles. The second-order valence-corrected chi connectivity index (χ2v) is 6.62. The van der Waals surface area contributed by atoms with Crippen LogP contribution in [0.4, 0.5) is 5.69 Å². The fraction of sp³-hybridized carbons (Fsp3) is 0.417. The lowest BCUT2D eigenvalue weighted by Gasteiger charge is -2.23. The Hall–Kier alpha value is -1.64. The third-order valence-corrected chi connectivity index (χ3v) is 5.36. The number of nitrogen functional groups attached to an aromatic ring is 1. The van der Waals surface area contributed by atoms with Gasteiger partial charge in [-0.2, -0.15) is 4.31 Å². The van der Waals surface area contributed by atoms with Crippen molar-refractivity contribution >= 4 is 21.6 Å². The quantitative estimate of drug-likeness (QED) is 0.745. The Kier molecular flexibility index (Phi) is 3.98. The van der Waals surface area contributed by atoms with Crippen LogP contribution in [0.25, 0.3) is 0 Å². The van der Waals surface area contributed by atoms with Gasteiger partial charge in [0, 0.05) is 19.2 Å². The van der Waals surface area contributed by atoms with Crippen LogP contribution in [-0.2, 0) is 14.8 Å². The number of benzene rings is 1. The first-order valence-electron chi connectivity index (χ1n) is 6.09. The third kappa shape index (κ3) is 2.62. The van der Waals surface area contributed by atoms with Crippen LogP contribution >= 0.6 is 0 Å². The Morgan fingerprint density at radius 1 is 1.45 bits per heavy atom. The number of carbonyl (C=O) groups is 1. The van der Waals surface area contributed by atoms with E-state index >= 15 is 0 Å². The van der Waals surface area contributed by atoms with Crippen LogP contribution in [0.3, 0.4) is 0 Å². The van der Waals surface area contributed by atoms with Crippen molar-refractivity contribution < 1.29 is 17.9 Å². The predicted molar refractivity (Wildman–Crippen MR) is 73.5 cm³/mol. The summed E-state index contributed by atoms with van der Waals surface area (Å²) in [6, 6.07) is 3.73. The van der Waals surface area contributed by atoms with Gasteiger partial charge < -0.3 is 16.2 Å². The summed E-state index contributed by atoms with van der Waals surface area (Å²) >= 11 is 0. The van der Waals surface area contributed by atoms with Crippen LogP contribution in [0, 0.1) is 0 Å². The Labute approximate surface area is 117 Å². The Morgan fingerprint density at radius 3 is 2.65 bits per heavy atom. The highest BCUT2D eigenvalue weighted by Gasteiger charge is 2.31. The number of likely N-dealkylation sites (N-methyl/N-ethyl adjacent to an activating group) is 1. The number of amides is 1. The van der Waals surface area contributed by atoms with E-state index in [9.17, 15) is 13.2 Å². The number of sulfonamides is 1. The van der Waals surface area contributed by atoms with Crippen molar-refractivity contribution in [2.45, 2.75) is 17.4 Å². The van der Waals surface area contributed by atoms with E-state index in [1.54, 1.807) is 0 Å². The predicted octanol–water partition coefficient (Wildman–Crippen LogP) is -0.223. The molecule has 0 aliphatic carbocycles. The highest BCUT2D eigenvalue weighted by Crippen LogP contribution is 2.26. The number of hydrogen-bond donors (Lipinski definition) is 2. The Morgan fingerprint density at radius 2 is 2.15 bits per heavy atom. The van der Waals surface area contributed by atoms with E-state index in [0.29, 0.717) is 19.6 Å². The summed E-state index contributed by atoms with van der Waals surface area (Å²) in [7, 11) is -2.22. The molecule has 0 bridgehead atoms. The summed E-state index contributed by atoms with van der Waals surface area (Å²) in [5.41, 5.74) is 11.0. The number of nitrogens with two attached hydrogens (primary N) is 2. The maximum absolute atomic E-state index is 12.5. The van der Waals surface area contributed by atoms with E-state index in [1.807, 2.05) is 0 Å². The van der Waals surface area contributed by atoms with Gasteiger partial charge in [0.25, 0.3) is 0 Å². The summed E-state index contributed by atoms with van der Waals surface area (Å²) < 4.78 is 31.4. The number of ether oxygens (including phenoxy) is 1. The molecule has 1 aliphatic rings. The van der Waals surface area contributed by atoms with Crippen molar-refractivity contribution in [1.82, 2.24) is 4.31 Å². The number of anilines is 1. The number of rotatable bonds is 4. The maximum atomic E-state index is 12.5. The third-order valence-electron chi connectivity index (χ3n) is 3.37. The van der Waals surface area contributed by atoms with Crippen LogP contribution in [-0.4, -0.2) is 44.9 Å². The minimum atomic E-state index is -3.72. The monoisotopic (exact) mass is 299 g/mol. The van der Waals surface area contributed by atoms with Gasteiger partial charge in [-0.25, -0.2) is 8.42 Å². The van der Waals surface area contributed by atoms with E-state index < -0.39 is 15.9 Å². The molecule has 8 heteroatoms. The van der Waals surface area contributed by atoms with E-state index in [-0.39, 0.29) is 22.2 Å². The Balaban J connectivity index is 2.36. The zero-order chi connectivity index (χ0) is 14.9. The lowest BCUT2D eigenvalue weighted by molar-refractivity contribution is 0.1000. The zero-order valence-electron chi connectivity index (χ0n) is 11.1. The summed E-state index contributed by atoms with van der Waals surface area (Å²) in [6.07, 6.45) is 0.648. The first-order valence-corrected chi connectivity index (χ1v) is 7.53. The molecule has 1 aromatic carbocycles. The average Bonchev–Trinajstić information content (AvgIpc) is 2.90. The smallest absolute Gasteiger partial charge is 0.248 e. The van der Waals surface area contributed by atoms with Gasteiger partial charge in [0.05, 0.1) is 18.3 Å². The number of primary amides is 1. The van der Waals surface area contributed by atoms with Crippen molar-refractivity contribution in [3.8, 4) is 0 Å². The molecule has 0 saturated carbocycles. The topological polar surface area (TPSA) is 116 Å². The molecule has 1 heterocycles. The summed E-state index contributed by atoms with van der Waals surface area (Å²) in [6.45, 7) is 0.912. The second-order valence-electron chi connectivity index (χ2n) is 4.66. The molecule has 1 fully saturated rings. The van der Waals surface area contributed by atoms with Crippen molar-refractivity contribution in [3.63, 3.8) is 0 Å². The fourth-order valence-corrected chi connectivity index (χ4v) is 3.56. The van der Waals surface area contributed by atoms with E-state index in [2.05, 4.69) is 0 Å². The minimum absolute atomic E-state index is 0.00654. The fourth-order valence-electron chi connectivity index (χ4n) is 2.10. The van der Waals surface area contributed by atoms with Crippen LogP contribution in [0.15, 0.2) is 23.1 Å². The second kappa shape index (κ2) is 5.39. The van der Waals surface area contributed by atoms with Gasteiger partial charge in [0.15, 0.2) is 0 Å². The van der Waals surface area contributed by atoms with E-state index in [4.69, 9.17) is 16.2 Å². The molecule has 1 saturated heterocycles. The SMILES string of the molecule is CN(C1CCOC1)S(=O)(=O)c1ccc(C(N)=O)cc1N. The number of hydrogen-bond acceptors (Lipinski definition) is 5. The lowest BCUT2D eigenvalue weighted by Crippen LogP contribution is -2.37. The van der Waals surface area contributed by atoms with E-state index in [1.165, 1.54) is 29.6 Å². The lowest BCUT2D eigenvalue weighted by atomic mass is 10.2. The molecule has 1 aromatic rings. The van der Waals surface area contributed by atoms with Crippen LogP contribution < -0.4 is 11.5 Å². The zero-order valence-corrected chi connectivity index (χ0v) is 11.9. The molecule has 1 atom stereocenters. The molecular weight excluding hydrogens is 282 g/mol. The van der Waals surface area contributed by atoms with E-state index in [0.717, 1.165) is 0 Å². The summed E-state index contributed by atoms with van der Waals surface area (Å²) in [5.74, 6) is -0.654. The molecule has 0 radical (unpaired) electrons. The average molecular weight is 299 g/mol. The van der Waals surface area contributed by atoms with Crippen molar-refractivity contribution in [2.75, 3.05) is 26.0 Å². The molecule has 1 amide bonds. The van der Waals surface area contributed by atoms with Crippen molar-refractivity contribution in [2.24, 2.45) is 5.73 Å². The number of nitrogens with zero attached hydrogens (tertiary/aromatic N) is 1. The molecular formula is C12H17N3O4S. The van der Waals surface area contributed by atoms with Crippen molar-refractivity contribution in [3.05, 3.63) is 23.8 Å². The first kappa shape index (κ1) is 14.8. The van der Waals surface area contributed by atoms with Gasteiger partial charge in [-0.15, -0.1) is 0 Å². The molecule has 0 aromatic heterocycles. The molecule has 110 valence electrons. The molecule has 4 N–H and O–H groups in total. The van der Waals surface area contributed by atoms with Gasteiger partial charge in [0.2, 0.25) is 15.9 Å². The van der Waals surface area contributed by atoms with Crippen molar-refractivity contribution in [1.29, 1.82) is 0 Å². The van der Waals surface area contributed by atoms with Crippen LogP contribution in [0.5, 0.6) is 0 Å². The van der Waals surface area contributed by atoms with Gasteiger partial charge in [-0.05, 0) is 24.6 Å². The maximum Gasteiger partial charge on any atom is 0.248 e. The van der Waals surface area contributed by atoms with Gasteiger partial charge in [-0.1, -0.05) is 0 Å². The highest BCUT2D eigenvalue weighted by atomic mass is 32.2. The largest absolute Gasteiger partial charge is 0.398 e. The first-order chi connectivity index (χ1) is 9.34. The normalized spacial score (nSPS) is 19.4. The van der Waals surface area contributed by atoms with Crippen LogP contribution in [0.1, 0.15) is 16.8 Å². The number of carbonyl (C=O) groups excluding carboxylic acids is 1. The molecule has 1 unspecified atom stereocenters. The highest BCUT2D eigenvalue weighted by molar-refractivity contribution is 7.89. The standard InChI is InChI=1S/C12H17N3O4S/c1-15(9-4-5-19-7-9)20(17,18)11-3-2-8(12(14)16)6-10(11)13/h2-3,6,9H,4-5,7,13H2,1H3,(H2,14,16). The van der Waals surface area contributed by atoms with Crippen LogP contribution in [0.2, 0.25) is 0 Å². The van der Waals surface area contributed by atoms with Gasteiger partial charge in [0.1, 0.15) is 4.90 Å².